The molecule has 4 rings (SSSR count). The zero-order valence-electron chi connectivity index (χ0n) is 16.6. The highest BCUT2D eigenvalue weighted by Gasteiger charge is 2.28. The van der Waals surface area contributed by atoms with Crippen molar-refractivity contribution >= 4 is 5.91 Å². The van der Waals surface area contributed by atoms with E-state index in [1.807, 2.05) is 30.3 Å². The summed E-state index contributed by atoms with van der Waals surface area (Å²) in [6.45, 7) is 5.83. The minimum absolute atomic E-state index is 0.218. The highest BCUT2D eigenvalue weighted by Crippen LogP contribution is 2.38. The van der Waals surface area contributed by atoms with Crippen molar-refractivity contribution in [3.63, 3.8) is 0 Å². The van der Waals surface area contributed by atoms with Crippen LogP contribution in [0.4, 0.5) is 0 Å². The molecular weight excluding hydrogens is 366 g/mol. The number of fused-ring (bicyclic) bond motifs is 3. The summed E-state index contributed by atoms with van der Waals surface area (Å²) in [5.74, 6) is 1.15. The van der Waals surface area contributed by atoms with Gasteiger partial charge in [-0.15, -0.1) is 0 Å². The number of hydrogen-bond donors (Lipinski definition) is 1. The predicted octanol–water partition coefficient (Wildman–Crippen LogP) is 3.88. The Morgan fingerprint density at radius 2 is 1.93 bits per heavy atom. The van der Waals surface area contributed by atoms with Crippen molar-refractivity contribution in [2.75, 3.05) is 19.6 Å². The first-order valence-electron chi connectivity index (χ1n) is 10.0. The molecule has 0 radical (unpaired) electrons. The Labute approximate surface area is 170 Å². The minimum Gasteiger partial charge on any atom is -0.488 e. The third-order valence-corrected chi connectivity index (χ3v) is 5.14. The molecule has 0 spiro atoms. The van der Waals surface area contributed by atoms with Gasteiger partial charge in [0.2, 0.25) is 0 Å². The number of aromatic nitrogens is 1. The van der Waals surface area contributed by atoms with Crippen LogP contribution in [0.3, 0.4) is 0 Å². The number of carbonyl (C=O) groups excluding carboxylic acids is 1. The molecule has 0 aliphatic carbocycles. The van der Waals surface area contributed by atoms with Gasteiger partial charge < -0.3 is 14.6 Å². The third kappa shape index (κ3) is 4.32. The summed E-state index contributed by atoms with van der Waals surface area (Å²) in [6, 6.07) is 18.0. The second-order valence-corrected chi connectivity index (χ2v) is 7.09. The summed E-state index contributed by atoms with van der Waals surface area (Å²) in [6.07, 6.45) is 0.867. The van der Waals surface area contributed by atoms with Gasteiger partial charge in [0.15, 0.2) is 11.5 Å². The van der Waals surface area contributed by atoms with E-state index < -0.39 is 0 Å². The molecule has 3 aromatic rings. The topological polar surface area (TPSA) is 67.6 Å². The van der Waals surface area contributed by atoms with E-state index in [-0.39, 0.29) is 5.91 Å². The van der Waals surface area contributed by atoms with Crippen LogP contribution in [0.25, 0.3) is 11.3 Å². The van der Waals surface area contributed by atoms with E-state index in [9.17, 15) is 4.79 Å². The number of carbonyl (C=O) groups is 1. The number of amides is 1. The molecule has 6 heteroatoms. The Hall–Kier alpha value is -3.12. The number of nitrogens with zero attached hydrogens (tertiary/aromatic N) is 2. The Morgan fingerprint density at radius 3 is 2.76 bits per heavy atom. The second kappa shape index (κ2) is 8.92. The van der Waals surface area contributed by atoms with Crippen LogP contribution in [0.2, 0.25) is 0 Å². The number of hydrogen-bond acceptors (Lipinski definition) is 5. The molecule has 0 atom stereocenters. The normalized spacial score (nSPS) is 12.2. The Bertz CT molecular complexity index is 969. The Morgan fingerprint density at radius 1 is 1.14 bits per heavy atom. The summed E-state index contributed by atoms with van der Waals surface area (Å²) in [4.78, 5) is 15.0. The van der Waals surface area contributed by atoms with Crippen molar-refractivity contribution in [3.05, 3.63) is 71.4 Å². The van der Waals surface area contributed by atoms with Crippen LogP contribution in [0.15, 0.2) is 59.1 Å². The summed E-state index contributed by atoms with van der Waals surface area (Å²) < 4.78 is 11.2. The van der Waals surface area contributed by atoms with Crippen LogP contribution < -0.4 is 10.1 Å². The van der Waals surface area contributed by atoms with Crippen LogP contribution in [0, 0.1) is 0 Å². The molecule has 0 saturated heterocycles. The predicted molar refractivity (Wildman–Crippen MR) is 111 cm³/mol. The van der Waals surface area contributed by atoms with Crippen LogP contribution in [0.1, 0.15) is 35.0 Å². The van der Waals surface area contributed by atoms with E-state index in [1.54, 1.807) is 0 Å². The van der Waals surface area contributed by atoms with E-state index >= 15 is 0 Å². The Balaban J connectivity index is 1.30. The quantitative estimate of drug-likeness (QED) is 0.590. The zero-order chi connectivity index (χ0) is 20.1. The van der Waals surface area contributed by atoms with Crippen LogP contribution in [0.5, 0.6) is 5.75 Å². The van der Waals surface area contributed by atoms with Crippen molar-refractivity contribution in [1.82, 2.24) is 15.4 Å². The highest BCUT2D eigenvalue weighted by atomic mass is 16.5. The van der Waals surface area contributed by atoms with Crippen molar-refractivity contribution in [2.24, 2.45) is 0 Å². The molecule has 2 aromatic carbocycles. The lowest BCUT2D eigenvalue weighted by molar-refractivity contribution is 0.0940. The summed E-state index contributed by atoms with van der Waals surface area (Å²) in [7, 11) is 0. The summed E-state index contributed by atoms with van der Waals surface area (Å²) in [5, 5.41) is 6.96. The highest BCUT2D eigenvalue weighted by molar-refractivity contribution is 5.95. The lowest BCUT2D eigenvalue weighted by atomic mass is 10.0. The van der Waals surface area contributed by atoms with Crippen LogP contribution in [-0.2, 0) is 13.2 Å². The zero-order valence-corrected chi connectivity index (χ0v) is 16.6. The maximum absolute atomic E-state index is 12.6. The van der Waals surface area contributed by atoms with E-state index in [0.717, 1.165) is 37.4 Å². The van der Waals surface area contributed by atoms with Gasteiger partial charge in [-0.05, 0) is 30.7 Å². The van der Waals surface area contributed by atoms with Crippen molar-refractivity contribution < 1.29 is 14.1 Å². The van der Waals surface area contributed by atoms with Gasteiger partial charge in [-0.25, -0.2) is 0 Å². The standard InChI is InChI=1S/C23H25N3O3/c1-2-26(15-17-9-4-3-5-10-17)14-8-13-24-23(27)21-19-16-28-20-12-7-6-11-18(20)22(19)29-25-21/h3-7,9-12H,2,8,13-16H2,1H3,(H,24,27). The van der Waals surface area contributed by atoms with E-state index in [2.05, 4.69) is 46.6 Å². The second-order valence-electron chi connectivity index (χ2n) is 7.09. The van der Waals surface area contributed by atoms with Crippen LogP contribution in [-0.4, -0.2) is 35.6 Å². The average Bonchev–Trinajstić information content (AvgIpc) is 3.21. The van der Waals surface area contributed by atoms with Gasteiger partial charge in [0.1, 0.15) is 12.4 Å². The van der Waals surface area contributed by atoms with Gasteiger partial charge in [-0.1, -0.05) is 54.5 Å². The first kappa shape index (κ1) is 19.2. The fourth-order valence-electron chi connectivity index (χ4n) is 3.54. The van der Waals surface area contributed by atoms with Crippen molar-refractivity contribution in [3.8, 4) is 17.1 Å². The first-order chi connectivity index (χ1) is 14.3. The van der Waals surface area contributed by atoms with Crippen molar-refractivity contribution in [1.29, 1.82) is 0 Å². The Kier molecular flexibility index (Phi) is 5.91. The SMILES string of the molecule is CCN(CCCNC(=O)c1noc2c1COc1ccccc1-2)Cc1ccccc1. The van der Waals surface area contributed by atoms with Gasteiger partial charge in [-0.3, -0.25) is 9.69 Å². The molecule has 1 amide bonds. The molecule has 0 bridgehead atoms. The van der Waals surface area contributed by atoms with E-state index in [0.29, 0.717) is 30.2 Å². The lowest BCUT2D eigenvalue weighted by Crippen LogP contribution is -2.30. The van der Waals surface area contributed by atoms with Gasteiger partial charge in [0.25, 0.3) is 5.91 Å². The fraction of sp³-hybridized carbons (Fsp3) is 0.304. The van der Waals surface area contributed by atoms with Gasteiger partial charge in [-0.2, -0.15) is 0 Å². The fourth-order valence-corrected chi connectivity index (χ4v) is 3.54. The maximum Gasteiger partial charge on any atom is 0.273 e. The number of para-hydroxylation sites is 1. The van der Waals surface area contributed by atoms with Crippen molar-refractivity contribution in [2.45, 2.75) is 26.5 Å². The summed E-state index contributed by atoms with van der Waals surface area (Å²) >= 11 is 0. The number of ether oxygens (including phenoxy) is 1. The third-order valence-electron chi connectivity index (χ3n) is 5.14. The van der Waals surface area contributed by atoms with Crippen LogP contribution >= 0.6 is 0 Å². The van der Waals surface area contributed by atoms with Gasteiger partial charge >= 0.3 is 0 Å². The molecule has 1 N–H and O–H groups in total. The first-order valence-corrected chi connectivity index (χ1v) is 10.0. The summed E-state index contributed by atoms with van der Waals surface area (Å²) in [5.41, 5.74) is 3.15. The molecule has 1 aliphatic rings. The molecule has 150 valence electrons. The smallest absolute Gasteiger partial charge is 0.273 e. The molecule has 0 saturated carbocycles. The lowest BCUT2D eigenvalue weighted by Gasteiger charge is -2.20. The maximum atomic E-state index is 12.6. The average molecular weight is 391 g/mol. The number of rotatable bonds is 8. The van der Waals surface area contributed by atoms with Gasteiger partial charge in [0.05, 0.1) is 11.1 Å². The molecule has 6 nitrogen and oxygen atoms in total. The molecule has 1 aromatic heterocycles. The molecule has 1 aliphatic heterocycles. The van der Waals surface area contributed by atoms with E-state index in [1.165, 1.54) is 5.56 Å². The molecule has 0 unspecified atom stereocenters. The number of benzene rings is 2. The molecule has 2 heterocycles. The molecular formula is C23H25N3O3. The monoisotopic (exact) mass is 391 g/mol. The minimum atomic E-state index is -0.218. The number of nitrogens with one attached hydrogen (secondary N) is 1. The largest absolute Gasteiger partial charge is 0.488 e. The van der Waals surface area contributed by atoms with Gasteiger partial charge in [0, 0.05) is 19.6 Å². The molecule has 0 fully saturated rings. The molecule has 29 heavy (non-hydrogen) atoms. The van der Waals surface area contributed by atoms with E-state index in [4.69, 9.17) is 9.26 Å².